The number of hydrogen-bond acceptors (Lipinski definition) is 4. The van der Waals surface area contributed by atoms with Crippen LogP contribution in [0.3, 0.4) is 0 Å². The van der Waals surface area contributed by atoms with Crippen LogP contribution in [0.15, 0.2) is 0 Å². The summed E-state index contributed by atoms with van der Waals surface area (Å²) in [6, 6.07) is -0.561. The predicted molar refractivity (Wildman–Crippen MR) is 44.9 cm³/mol. The quantitative estimate of drug-likeness (QED) is 0.512. The number of ether oxygens (including phenoxy) is 1. The Morgan fingerprint density at radius 1 is 1.54 bits per heavy atom. The molecule has 0 aliphatic carbocycles. The average Bonchev–Trinajstić information content (AvgIpc) is 2.62. The number of carbonyl (C=O) groups excluding carboxylic acids is 1. The van der Waals surface area contributed by atoms with Gasteiger partial charge < -0.3 is 20.5 Å². The van der Waals surface area contributed by atoms with Crippen LogP contribution in [0.25, 0.3) is 0 Å². The molecule has 5 nitrogen and oxygen atoms in total. The number of nitrogens with zero attached hydrogens (tertiary/aromatic N) is 1. The third-order valence-electron chi connectivity index (χ3n) is 2.70. The molecule has 2 saturated heterocycles. The van der Waals surface area contributed by atoms with Gasteiger partial charge in [-0.15, -0.1) is 0 Å². The molecule has 0 aromatic heterocycles. The van der Waals surface area contributed by atoms with E-state index in [0.717, 1.165) is 0 Å². The lowest BCUT2D eigenvalue weighted by molar-refractivity contribution is -0.132. The number of aliphatic hydroxyl groups excluding tert-OH is 1. The Bertz CT molecular complexity index is 221. The van der Waals surface area contributed by atoms with Crippen molar-refractivity contribution in [2.24, 2.45) is 5.73 Å². The van der Waals surface area contributed by atoms with Gasteiger partial charge in [0.05, 0.1) is 31.4 Å². The topological polar surface area (TPSA) is 75.8 Å². The highest BCUT2D eigenvalue weighted by Gasteiger charge is 2.39. The third kappa shape index (κ3) is 1.43. The molecule has 0 saturated carbocycles. The predicted octanol–water partition coefficient (Wildman–Crippen LogP) is -1.69. The zero-order valence-corrected chi connectivity index (χ0v) is 7.35. The molecule has 0 spiro atoms. The summed E-state index contributed by atoms with van der Waals surface area (Å²) in [6.45, 7) is 1.40. The summed E-state index contributed by atoms with van der Waals surface area (Å²) in [5.74, 6) is -0.0606. The lowest BCUT2D eigenvalue weighted by atomic mass is 10.2. The molecule has 1 unspecified atom stereocenters. The van der Waals surface area contributed by atoms with E-state index in [2.05, 4.69) is 0 Å². The van der Waals surface area contributed by atoms with Gasteiger partial charge >= 0.3 is 0 Å². The van der Waals surface area contributed by atoms with Crippen molar-refractivity contribution in [3.63, 3.8) is 0 Å². The van der Waals surface area contributed by atoms with Crippen LogP contribution in [0.2, 0.25) is 0 Å². The highest BCUT2D eigenvalue weighted by atomic mass is 16.5. The third-order valence-corrected chi connectivity index (χ3v) is 2.70. The molecule has 2 fully saturated rings. The number of amides is 1. The van der Waals surface area contributed by atoms with Crippen LogP contribution in [0, 0.1) is 0 Å². The van der Waals surface area contributed by atoms with Gasteiger partial charge in [-0.3, -0.25) is 4.79 Å². The second kappa shape index (κ2) is 3.25. The van der Waals surface area contributed by atoms with E-state index in [1.54, 1.807) is 4.90 Å². The Kier molecular flexibility index (Phi) is 2.23. The van der Waals surface area contributed by atoms with Gasteiger partial charge in [-0.2, -0.15) is 0 Å². The second-order valence-corrected chi connectivity index (χ2v) is 3.60. The summed E-state index contributed by atoms with van der Waals surface area (Å²) in [7, 11) is 0. The van der Waals surface area contributed by atoms with Crippen LogP contribution >= 0.6 is 0 Å². The fraction of sp³-hybridized carbons (Fsp3) is 0.875. The van der Waals surface area contributed by atoms with E-state index in [0.29, 0.717) is 26.2 Å². The van der Waals surface area contributed by atoms with Crippen LogP contribution in [0.4, 0.5) is 0 Å². The van der Waals surface area contributed by atoms with Gasteiger partial charge in [0.15, 0.2) is 0 Å². The average molecular weight is 186 g/mol. The van der Waals surface area contributed by atoms with Crippen molar-refractivity contribution in [2.75, 3.05) is 19.8 Å². The number of rotatable bonds is 1. The van der Waals surface area contributed by atoms with E-state index < -0.39 is 6.10 Å². The number of nitrogens with two attached hydrogens (primary N) is 1. The Morgan fingerprint density at radius 2 is 2.31 bits per heavy atom. The first-order chi connectivity index (χ1) is 6.20. The summed E-state index contributed by atoms with van der Waals surface area (Å²) in [5.41, 5.74) is 5.57. The van der Waals surface area contributed by atoms with Crippen LogP contribution in [-0.4, -0.2) is 53.9 Å². The maximum atomic E-state index is 11.5. The molecule has 74 valence electrons. The Balaban J connectivity index is 2.04. The first-order valence-electron chi connectivity index (χ1n) is 4.52. The normalized spacial score (nSPS) is 40.3. The van der Waals surface area contributed by atoms with Gasteiger partial charge in [0.25, 0.3) is 0 Å². The molecular weight excluding hydrogens is 172 g/mol. The van der Waals surface area contributed by atoms with Crippen molar-refractivity contribution in [1.29, 1.82) is 0 Å². The molecule has 2 aliphatic rings. The van der Waals surface area contributed by atoms with Crippen LogP contribution in [0.1, 0.15) is 6.42 Å². The van der Waals surface area contributed by atoms with Gasteiger partial charge in [0.2, 0.25) is 5.91 Å². The summed E-state index contributed by atoms with van der Waals surface area (Å²) in [6.07, 6.45) is 0.136. The maximum Gasteiger partial charge on any atom is 0.239 e. The van der Waals surface area contributed by atoms with E-state index in [9.17, 15) is 9.90 Å². The fourth-order valence-corrected chi connectivity index (χ4v) is 1.88. The van der Waals surface area contributed by atoms with Crippen molar-refractivity contribution >= 4 is 5.91 Å². The van der Waals surface area contributed by atoms with Gasteiger partial charge in [0, 0.05) is 6.54 Å². The molecule has 2 rings (SSSR count). The molecule has 0 aromatic carbocycles. The van der Waals surface area contributed by atoms with Crippen LogP contribution < -0.4 is 5.73 Å². The molecule has 1 amide bonds. The first-order valence-corrected chi connectivity index (χ1v) is 4.52. The van der Waals surface area contributed by atoms with Gasteiger partial charge in [0.1, 0.15) is 0 Å². The minimum absolute atomic E-state index is 0.0606. The van der Waals surface area contributed by atoms with E-state index >= 15 is 0 Å². The summed E-state index contributed by atoms with van der Waals surface area (Å²) < 4.78 is 5.08. The number of aliphatic hydroxyl groups is 1. The largest absolute Gasteiger partial charge is 0.388 e. The summed E-state index contributed by atoms with van der Waals surface area (Å²) in [5, 5.41) is 9.49. The van der Waals surface area contributed by atoms with Gasteiger partial charge in [-0.05, 0) is 6.42 Å². The van der Waals surface area contributed by atoms with Crippen molar-refractivity contribution in [1.82, 2.24) is 4.90 Å². The van der Waals surface area contributed by atoms with Crippen molar-refractivity contribution < 1.29 is 14.6 Å². The van der Waals surface area contributed by atoms with Crippen molar-refractivity contribution in [2.45, 2.75) is 24.6 Å². The van der Waals surface area contributed by atoms with E-state index in [1.807, 2.05) is 0 Å². The van der Waals surface area contributed by atoms with Crippen molar-refractivity contribution in [3.05, 3.63) is 0 Å². The van der Waals surface area contributed by atoms with Crippen LogP contribution in [-0.2, 0) is 9.53 Å². The fourth-order valence-electron chi connectivity index (χ4n) is 1.88. The number of hydrogen-bond donors (Lipinski definition) is 2. The first kappa shape index (κ1) is 8.93. The molecule has 0 radical (unpaired) electrons. The van der Waals surface area contributed by atoms with Crippen molar-refractivity contribution in [3.8, 4) is 0 Å². The summed E-state index contributed by atoms with van der Waals surface area (Å²) in [4.78, 5) is 13.1. The smallest absolute Gasteiger partial charge is 0.239 e. The Labute approximate surface area is 76.5 Å². The highest BCUT2D eigenvalue weighted by molar-refractivity contribution is 5.84. The van der Waals surface area contributed by atoms with E-state index in [-0.39, 0.29) is 18.0 Å². The zero-order chi connectivity index (χ0) is 9.42. The lowest BCUT2D eigenvalue weighted by Crippen LogP contribution is -2.46. The van der Waals surface area contributed by atoms with E-state index in [1.165, 1.54) is 0 Å². The number of likely N-dealkylation sites (tertiary alicyclic amines) is 1. The zero-order valence-electron chi connectivity index (χ0n) is 7.35. The Hall–Kier alpha value is -0.650. The maximum absolute atomic E-state index is 11.5. The number of carbonyl (C=O) groups is 1. The minimum Gasteiger partial charge on any atom is -0.388 e. The second-order valence-electron chi connectivity index (χ2n) is 3.60. The van der Waals surface area contributed by atoms with E-state index in [4.69, 9.17) is 10.5 Å². The molecular formula is C8H14N2O3. The van der Waals surface area contributed by atoms with Gasteiger partial charge in [-0.1, -0.05) is 0 Å². The van der Waals surface area contributed by atoms with Crippen LogP contribution in [0.5, 0.6) is 0 Å². The molecule has 3 N–H and O–H groups in total. The molecule has 0 aromatic rings. The molecule has 5 heteroatoms. The highest BCUT2D eigenvalue weighted by Crippen LogP contribution is 2.19. The summed E-state index contributed by atoms with van der Waals surface area (Å²) >= 11 is 0. The molecule has 3 atom stereocenters. The molecule has 2 heterocycles. The lowest BCUT2D eigenvalue weighted by Gasteiger charge is -2.25. The molecule has 13 heavy (non-hydrogen) atoms. The standard InChI is InChI=1S/C8H14N2O3/c9-5-1-2-10(8(5)12)6-3-13-4-7(6)11/h5-7,11H,1-4,9H2/t5?,6-,7-/m1/s1. The monoisotopic (exact) mass is 186 g/mol. The molecule has 0 bridgehead atoms. The van der Waals surface area contributed by atoms with Gasteiger partial charge in [-0.25, -0.2) is 0 Å². The SMILES string of the molecule is NC1CCN([C@@H]2COC[C@H]2O)C1=O. The Morgan fingerprint density at radius 3 is 2.77 bits per heavy atom. The minimum atomic E-state index is -0.547. The molecule has 2 aliphatic heterocycles.